The molecule has 27 heavy (non-hydrogen) atoms. The molecule has 0 aliphatic heterocycles. The fraction of sp³-hybridized carbons (Fsp3) is 0.250. The number of allylic oxidation sites excluding steroid dienone is 1. The zero-order valence-electron chi connectivity index (χ0n) is 15.7. The Hall–Kier alpha value is -3.35. The summed E-state index contributed by atoms with van der Waals surface area (Å²) in [5.74, 6) is 1.70. The Kier molecular flexibility index (Phi) is 5.71. The van der Waals surface area contributed by atoms with Crippen molar-refractivity contribution in [1.82, 2.24) is 25.5 Å². The normalized spacial score (nSPS) is 11.6. The highest BCUT2D eigenvalue weighted by Gasteiger charge is 2.07. The molecule has 0 amide bonds. The van der Waals surface area contributed by atoms with Crippen LogP contribution >= 0.6 is 0 Å². The van der Waals surface area contributed by atoms with Gasteiger partial charge >= 0.3 is 0 Å². The maximum absolute atomic E-state index is 7.62. The molecule has 0 aliphatic rings. The van der Waals surface area contributed by atoms with Crippen LogP contribution in [0.5, 0.6) is 0 Å². The highest BCUT2D eigenvalue weighted by Crippen LogP contribution is 2.21. The lowest BCUT2D eigenvalue weighted by Gasteiger charge is -2.09. The van der Waals surface area contributed by atoms with Crippen LogP contribution < -0.4 is 10.6 Å². The van der Waals surface area contributed by atoms with Crippen molar-refractivity contribution in [2.75, 3.05) is 11.9 Å². The number of hydrogen-bond donors (Lipinski definition) is 3. The summed E-state index contributed by atoms with van der Waals surface area (Å²) in [6.07, 6.45) is 6.64. The fourth-order valence-electron chi connectivity index (χ4n) is 2.54. The van der Waals surface area contributed by atoms with Crippen molar-refractivity contribution in [3.63, 3.8) is 0 Å². The highest BCUT2D eigenvalue weighted by atomic mass is 15.2. The van der Waals surface area contributed by atoms with E-state index in [1.165, 1.54) is 6.21 Å². The van der Waals surface area contributed by atoms with E-state index in [0.29, 0.717) is 17.6 Å². The van der Waals surface area contributed by atoms with Gasteiger partial charge in [0, 0.05) is 36.3 Å². The van der Waals surface area contributed by atoms with Crippen LogP contribution in [0.25, 0.3) is 16.6 Å². The quantitative estimate of drug-likeness (QED) is 0.552. The zero-order valence-corrected chi connectivity index (χ0v) is 15.7. The monoisotopic (exact) mass is 361 g/mol. The lowest BCUT2D eigenvalue weighted by Crippen LogP contribution is -2.04. The molecular formula is C20H23N7. The van der Waals surface area contributed by atoms with Crippen molar-refractivity contribution in [1.29, 1.82) is 5.41 Å². The lowest BCUT2D eigenvalue weighted by molar-refractivity contribution is 0.843. The summed E-state index contributed by atoms with van der Waals surface area (Å²) < 4.78 is 0. The maximum Gasteiger partial charge on any atom is 0.154 e. The number of nitrogens with zero attached hydrogens (tertiary/aromatic N) is 4. The number of rotatable bonds is 7. The molecule has 0 saturated heterocycles. The van der Waals surface area contributed by atoms with Crippen molar-refractivity contribution in [3.8, 4) is 0 Å². The third-order valence-electron chi connectivity index (χ3n) is 4.09. The topological polar surface area (TPSA) is 99.5 Å². The molecule has 0 aromatic carbocycles. The van der Waals surface area contributed by atoms with Crippen LogP contribution in [0, 0.1) is 5.41 Å². The molecule has 0 aliphatic carbocycles. The molecule has 0 spiro atoms. The van der Waals surface area contributed by atoms with E-state index in [0.717, 1.165) is 34.3 Å². The first-order chi connectivity index (χ1) is 13.1. The minimum absolute atomic E-state index is 0.375. The lowest BCUT2D eigenvalue weighted by atomic mass is 10.1. The second kappa shape index (κ2) is 8.35. The second-order valence-electron chi connectivity index (χ2n) is 6.41. The molecule has 0 fully saturated rings. The Labute approximate surface area is 158 Å². The number of hydrogen-bond acceptors (Lipinski definition) is 7. The highest BCUT2D eigenvalue weighted by molar-refractivity contribution is 6.08. The molecule has 3 aromatic heterocycles. The van der Waals surface area contributed by atoms with Crippen LogP contribution in [0.2, 0.25) is 0 Å². The average molecular weight is 361 g/mol. The van der Waals surface area contributed by atoms with E-state index in [2.05, 4.69) is 44.6 Å². The summed E-state index contributed by atoms with van der Waals surface area (Å²) in [6, 6.07) is 7.68. The predicted molar refractivity (Wildman–Crippen MR) is 109 cm³/mol. The number of aromatic nitrogens is 4. The maximum atomic E-state index is 7.62. The minimum atomic E-state index is 0.375. The number of pyridine rings is 2. The molecule has 3 heterocycles. The number of fused-ring (bicyclic) bond motifs is 1. The van der Waals surface area contributed by atoms with Crippen LogP contribution in [0.1, 0.15) is 37.8 Å². The molecule has 0 radical (unpaired) electrons. The molecule has 0 bridgehead atoms. The number of nitrogens with one attached hydrogen (secondary N) is 3. The van der Waals surface area contributed by atoms with Gasteiger partial charge < -0.3 is 16.0 Å². The molecule has 0 saturated carbocycles. The first-order valence-electron chi connectivity index (χ1n) is 8.91. The van der Waals surface area contributed by atoms with Crippen molar-refractivity contribution < 1.29 is 0 Å². The van der Waals surface area contributed by atoms with Gasteiger partial charge in [0.05, 0.1) is 17.2 Å². The molecular weight excluding hydrogens is 338 g/mol. The average Bonchev–Trinajstić information content (AvgIpc) is 2.68. The smallest absolute Gasteiger partial charge is 0.154 e. The third-order valence-corrected chi connectivity index (χ3v) is 4.09. The third kappa shape index (κ3) is 4.44. The summed E-state index contributed by atoms with van der Waals surface area (Å²) in [7, 11) is 0. The molecule has 138 valence electrons. The molecule has 3 N–H and O–H groups in total. The van der Waals surface area contributed by atoms with Gasteiger partial charge in [0.2, 0.25) is 0 Å². The van der Waals surface area contributed by atoms with Gasteiger partial charge in [0.25, 0.3) is 0 Å². The second-order valence-corrected chi connectivity index (χ2v) is 6.41. The predicted octanol–water partition coefficient (Wildman–Crippen LogP) is 3.89. The summed E-state index contributed by atoms with van der Waals surface area (Å²) in [5.41, 5.74) is 4.24. The van der Waals surface area contributed by atoms with E-state index >= 15 is 0 Å². The van der Waals surface area contributed by atoms with E-state index in [1.54, 1.807) is 12.4 Å². The van der Waals surface area contributed by atoms with E-state index in [-0.39, 0.29) is 0 Å². The molecule has 3 rings (SSSR count). The van der Waals surface area contributed by atoms with Gasteiger partial charge in [0.15, 0.2) is 5.82 Å². The van der Waals surface area contributed by atoms with Crippen molar-refractivity contribution in [3.05, 3.63) is 54.0 Å². The van der Waals surface area contributed by atoms with Crippen LogP contribution in [0.15, 0.2) is 42.9 Å². The Morgan fingerprint density at radius 3 is 2.74 bits per heavy atom. The van der Waals surface area contributed by atoms with Gasteiger partial charge in [-0.2, -0.15) is 5.10 Å². The van der Waals surface area contributed by atoms with Crippen LogP contribution in [-0.4, -0.2) is 32.9 Å². The Balaban J connectivity index is 1.92. The Bertz CT molecular complexity index is 979. The van der Waals surface area contributed by atoms with Gasteiger partial charge in [-0.25, -0.2) is 4.98 Å². The summed E-state index contributed by atoms with van der Waals surface area (Å²) in [5, 5.41) is 22.1. The molecule has 0 unspecified atom stereocenters. The standard InChI is InChI=1S/C20H23N7/c1-4-22-10-16(9-21)15-7-18-17(23-11-15)5-6-19(25-18)26-20-8-14(13(2)3)12-24-27-20/h5-13,21-22H,4H2,1-3H3,(H,25,26,27)/b16-10+,21-9?. The number of anilines is 2. The molecule has 7 heteroatoms. The molecule has 3 aromatic rings. The van der Waals surface area contributed by atoms with E-state index in [1.807, 2.05) is 37.4 Å². The van der Waals surface area contributed by atoms with Crippen molar-refractivity contribution in [2.45, 2.75) is 26.7 Å². The van der Waals surface area contributed by atoms with Crippen molar-refractivity contribution in [2.24, 2.45) is 0 Å². The zero-order chi connectivity index (χ0) is 19.2. The molecule has 0 atom stereocenters. The summed E-state index contributed by atoms with van der Waals surface area (Å²) in [4.78, 5) is 9.09. The minimum Gasteiger partial charge on any atom is -0.391 e. The van der Waals surface area contributed by atoms with E-state index in [4.69, 9.17) is 5.41 Å². The van der Waals surface area contributed by atoms with Gasteiger partial charge in [-0.3, -0.25) is 4.98 Å². The fourth-order valence-corrected chi connectivity index (χ4v) is 2.54. The first kappa shape index (κ1) is 18.4. The van der Waals surface area contributed by atoms with Crippen LogP contribution in [0.4, 0.5) is 11.6 Å². The van der Waals surface area contributed by atoms with Gasteiger partial charge in [-0.05, 0) is 42.7 Å². The Morgan fingerprint density at radius 1 is 1.15 bits per heavy atom. The van der Waals surface area contributed by atoms with Gasteiger partial charge in [-0.1, -0.05) is 13.8 Å². The summed E-state index contributed by atoms with van der Waals surface area (Å²) in [6.45, 7) is 7.03. The van der Waals surface area contributed by atoms with Crippen LogP contribution in [0.3, 0.4) is 0 Å². The SMILES string of the molecule is CCN/C=C(\C=N)c1cnc2ccc(Nc3cc(C(C)C)cnn3)nc2c1. The van der Waals surface area contributed by atoms with Crippen LogP contribution in [-0.2, 0) is 0 Å². The van der Waals surface area contributed by atoms with Gasteiger partial charge in [-0.15, -0.1) is 5.10 Å². The van der Waals surface area contributed by atoms with Gasteiger partial charge in [0.1, 0.15) is 5.82 Å². The largest absolute Gasteiger partial charge is 0.391 e. The van der Waals surface area contributed by atoms with Crippen molar-refractivity contribution >= 4 is 34.5 Å². The van der Waals surface area contributed by atoms with E-state index in [9.17, 15) is 0 Å². The molecule has 7 nitrogen and oxygen atoms in total. The first-order valence-corrected chi connectivity index (χ1v) is 8.91. The van der Waals surface area contributed by atoms with E-state index < -0.39 is 0 Å². The Morgan fingerprint density at radius 2 is 2.00 bits per heavy atom. The summed E-state index contributed by atoms with van der Waals surface area (Å²) >= 11 is 0.